The number of carboxylic acids is 1. The van der Waals surface area contributed by atoms with Crippen LogP contribution in [0.3, 0.4) is 0 Å². The Bertz CT molecular complexity index is 665. The van der Waals surface area contributed by atoms with E-state index in [1.54, 1.807) is 6.92 Å². The molecular formula is C14H19N3O6S. The number of nitrogens with one attached hydrogen (secondary N) is 1. The van der Waals surface area contributed by atoms with Crippen LogP contribution in [0.4, 0.5) is 5.00 Å². The molecule has 0 saturated heterocycles. The molecular weight excluding hydrogens is 338 g/mol. The third-order valence-corrected chi connectivity index (χ3v) is 3.45. The molecule has 1 aromatic heterocycles. The number of amides is 1. The average Bonchev–Trinajstić information content (AvgIpc) is 3.00. The number of carboxylic acid groups (broad SMARTS) is 1. The smallest absolute Gasteiger partial charge is 0.346 e. The Labute approximate surface area is 142 Å². The molecule has 0 saturated carbocycles. The van der Waals surface area contributed by atoms with Gasteiger partial charge in [-0.15, -0.1) is 0 Å². The van der Waals surface area contributed by atoms with Gasteiger partial charge in [0.2, 0.25) is 0 Å². The summed E-state index contributed by atoms with van der Waals surface area (Å²) >= 11 is 0.404. The standard InChI is InChI=1S/C12H13N3O6S.C2H6/c1-4-21-6(2)10(13-3)14-11(16)7-5-8(15(19)20)22-9(7)12(17)18;1-2/h5H,2,4H2,1,3H3,(H,17,18)(H,13,14,16);1-2H3. The molecule has 0 aliphatic carbocycles. The molecule has 132 valence electrons. The SMILES string of the molecule is C=C(OCC)C(=NC)NC(=O)c1cc([N+](=O)[O-])sc1C(=O)O.CC. The fourth-order valence-electron chi connectivity index (χ4n) is 1.46. The number of nitro groups is 1. The number of rotatable bonds is 6. The van der Waals surface area contributed by atoms with Gasteiger partial charge < -0.3 is 15.2 Å². The molecule has 0 unspecified atom stereocenters. The van der Waals surface area contributed by atoms with E-state index in [-0.39, 0.29) is 17.2 Å². The summed E-state index contributed by atoms with van der Waals surface area (Å²) in [5.41, 5.74) is -0.324. The van der Waals surface area contributed by atoms with E-state index in [4.69, 9.17) is 9.84 Å². The number of nitrogens with zero attached hydrogens (tertiary/aromatic N) is 2. The lowest BCUT2D eigenvalue weighted by Crippen LogP contribution is -2.33. The van der Waals surface area contributed by atoms with Crippen LogP contribution in [0, 0.1) is 10.1 Å². The minimum atomic E-state index is -1.43. The molecule has 24 heavy (non-hydrogen) atoms. The quantitative estimate of drug-likeness (QED) is 0.264. The van der Waals surface area contributed by atoms with Crippen LogP contribution in [0.25, 0.3) is 0 Å². The lowest BCUT2D eigenvalue weighted by atomic mass is 10.2. The number of aromatic carboxylic acids is 1. The van der Waals surface area contributed by atoms with Gasteiger partial charge in [-0.3, -0.25) is 19.9 Å². The second-order valence-corrected chi connectivity index (χ2v) is 4.80. The lowest BCUT2D eigenvalue weighted by Gasteiger charge is -2.10. The Kier molecular flexibility index (Phi) is 8.95. The van der Waals surface area contributed by atoms with Crippen LogP contribution in [-0.2, 0) is 4.74 Å². The zero-order valence-corrected chi connectivity index (χ0v) is 14.6. The van der Waals surface area contributed by atoms with Crippen molar-refractivity contribution in [3.8, 4) is 0 Å². The van der Waals surface area contributed by atoms with Crippen molar-refractivity contribution in [1.29, 1.82) is 0 Å². The van der Waals surface area contributed by atoms with Crippen LogP contribution in [0.1, 0.15) is 40.8 Å². The van der Waals surface area contributed by atoms with E-state index in [2.05, 4.69) is 16.9 Å². The van der Waals surface area contributed by atoms with Crippen LogP contribution in [0.15, 0.2) is 23.4 Å². The summed E-state index contributed by atoms with van der Waals surface area (Å²) in [5.74, 6) is -2.16. The number of hydrogen-bond acceptors (Lipinski definition) is 7. The molecule has 1 rings (SSSR count). The summed E-state index contributed by atoms with van der Waals surface area (Å²) in [4.78, 5) is 36.5. The van der Waals surface area contributed by atoms with Crippen molar-refractivity contribution in [3.63, 3.8) is 0 Å². The van der Waals surface area contributed by atoms with Crippen molar-refractivity contribution in [2.75, 3.05) is 13.7 Å². The maximum atomic E-state index is 12.1. The van der Waals surface area contributed by atoms with Gasteiger partial charge in [0.05, 0.1) is 17.1 Å². The third kappa shape index (κ3) is 5.47. The zero-order valence-electron chi connectivity index (χ0n) is 13.8. The molecule has 0 spiro atoms. The summed E-state index contributed by atoms with van der Waals surface area (Å²) in [6.45, 7) is 9.58. The van der Waals surface area contributed by atoms with Gasteiger partial charge in [0.15, 0.2) is 11.6 Å². The van der Waals surface area contributed by atoms with Crippen LogP contribution in [0.5, 0.6) is 0 Å². The first-order valence-electron chi connectivity index (χ1n) is 6.93. The van der Waals surface area contributed by atoms with E-state index < -0.39 is 26.7 Å². The first-order chi connectivity index (χ1) is 11.3. The predicted octanol–water partition coefficient (Wildman–Crippen LogP) is 2.69. The van der Waals surface area contributed by atoms with E-state index in [0.29, 0.717) is 17.9 Å². The minimum Gasteiger partial charge on any atom is -0.491 e. The van der Waals surface area contributed by atoms with Gasteiger partial charge in [0.1, 0.15) is 4.88 Å². The first-order valence-corrected chi connectivity index (χ1v) is 7.75. The molecule has 0 radical (unpaired) electrons. The molecule has 0 fully saturated rings. The maximum absolute atomic E-state index is 12.1. The van der Waals surface area contributed by atoms with E-state index >= 15 is 0 Å². The Morgan fingerprint density at radius 2 is 2.08 bits per heavy atom. The second-order valence-electron chi connectivity index (χ2n) is 3.77. The van der Waals surface area contributed by atoms with Gasteiger partial charge in [-0.25, -0.2) is 4.79 Å². The third-order valence-electron chi connectivity index (χ3n) is 2.38. The van der Waals surface area contributed by atoms with Crippen molar-refractivity contribution in [2.24, 2.45) is 4.99 Å². The lowest BCUT2D eigenvalue weighted by molar-refractivity contribution is -0.380. The van der Waals surface area contributed by atoms with Crippen LogP contribution < -0.4 is 5.32 Å². The van der Waals surface area contributed by atoms with Crippen molar-refractivity contribution < 1.29 is 24.4 Å². The maximum Gasteiger partial charge on any atom is 0.346 e. The Morgan fingerprint density at radius 1 is 1.50 bits per heavy atom. The van der Waals surface area contributed by atoms with Gasteiger partial charge in [-0.1, -0.05) is 31.8 Å². The van der Waals surface area contributed by atoms with Crippen molar-refractivity contribution in [3.05, 3.63) is 39.0 Å². The predicted molar refractivity (Wildman–Crippen MR) is 90.9 cm³/mol. The fraction of sp³-hybridized carbons (Fsp3) is 0.357. The first kappa shape index (κ1) is 21.2. The summed E-state index contributed by atoms with van der Waals surface area (Å²) in [6, 6.07) is 0.903. The van der Waals surface area contributed by atoms with Crippen LogP contribution in [0.2, 0.25) is 0 Å². The highest BCUT2D eigenvalue weighted by Crippen LogP contribution is 2.29. The van der Waals surface area contributed by atoms with E-state index in [1.165, 1.54) is 7.05 Å². The molecule has 9 nitrogen and oxygen atoms in total. The molecule has 0 aliphatic rings. The summed E-state index contributed by atoms with van der Waals surface area (Å²) in [5, 5.41) is 21.6. The van der Waals surface area contributed by atoms with Crippen LogP contribution in [-0.4, -0.2) is 41.4 Å². The molecule has 10 heteroatoms. The molecule has 0 aromatic carbocycles. The topological polar surface area (TPSA) is 131 Å². The number of thiophene rings is 1. The van der Waals surface area contributed by atoms with Gasteiger partial charge in [-0.05, 0) is 6.92 Å². The number of hydrogen-bond donors (Lipinski definition) is 2. The van der Waals surface area contributed by atoms with Crippen LogP contribution >= 0.6 is 11.3 Å². The van der Waals surface area contributed by atoms with Crippen molar-refractivity contribution >= 4 is 34.0 Å². The molecule has 0 bridgehead atoms. The molecule has 0 atom stereocenters. The van der Waals surface area contributed by atoms with E-state index in [0.717, 1.165) is 6.07 Å². The highest BCUT2D eigenvalue weighted by Gasteiger charge is 2.26. The molecule has 1 amide bonds. The summed E-state index contributed by atoms with van der Waals surface area (Å²) in [7, 11) is 1.38. The molecule has 1 heterocycles. The Hall–Kier alpha value is -2.75. The normalized spacial score (nSPS) is 10.2. The number of carbonyl (C=O) groups is 2. The second kappa shape index (κ2) is 10.1. The Morgan fingerprint density at radius 3 is 2.50 bits per heavy atom. The van der Waals surface area contributed by atoms with Gasteiger partial charge in [0, 0.05) is 13.1 Å². The van der Waals surface area contributed by atoms with Gasteiger partial charge in [0.25, 0.3) is 5.91 Å². The van der Waals surface area contributed by atoms with E-state index in [9.17, 15) is 19.7 Å². The molecule has 0 aliphatic heterocycles. The highest BCUT2D eigenvalue weighted by molar-refractivity contribution is 7.17. The monoisotopic (exact) mass is 357 g/mol. The fourth-order valence-corrected chi connectivity index (χ4v) is 2.27. The van der Waals surface area contributed by atoms with Crippen molar-refractivity contribution in [1.82, 2.24) is 5.32 Å². The van der Waals surface area contributed by atoms with Gasteiger partial charge in [-0.2, -0.15) is 0 Å². The summed E-state index contributed by atoms with van der Waals surface area (Å²) < 4.78 is 5.09. The van der Waals surface area contributed by atoms with Crippen molar-refractivity contribution in [2.45, 2.75) is 20.8 Å². The summed E-state index contributed by atoms with van der Waals surface area (Å²) in [6.07, 6.45) is 0. The number of amidine groups is 1. The minimum absolute atomic E-state index is 0.0111. The average molecular weight is 357 g/mol. The Balaban J connectivity index is 0.00000254. The molecule has 1 aromatic rings. The number of aliphatic imine (C=N–C) groups is 1. The zero-order chi connectivity index (χ0) is 18.9. The number of carbonyl (C=O) groups excluding carboxylic acids is 1. The highest BCUT2D eigenvalue weighted by atomic mass is 32.1. The number of ether oxygens (including phenoxy) is 1. The largest absolute Gasteiger partial charge is 0.491 e. The van der Waals surface area contributed by atoms with Gasteiger partial charge >= 0.3 is 11.0 Å². The van der Waals surface area contributed by atoms with E-state index in [1.807, 2.05) is 13.8 Å². The molecule has 2 N–H and O–H groups in total.